The highest BCUT2D eigenvalue weighted by Crippen LogP contribution is 2.31. The fourth-order valence-electron chi connectivity index (χ4n) is 2.99. The van der Waals surface area contributed by atoms with Crippen molar-refractivity contribution in [3.8, 4) is 17.1 Å². The van der Waals surface area contributed by atoms with E-state index in [1.54, 1.807) is 24.5 Å². The normalized spacial score (nSPS) is 10.8. The van der Waals surface area contributed by atoms with Crippen molar-refractivity contribution in [2.45, 2.75) is 17.8 Å². The molecule has 0 aliphatic carbocycles. The Hall–Kier alpha value is -3.52. The van der Waals surface area contributed by atoms with Crippen LogP contribution in [-0.4, -0.2) is 24.7 Å². The molecule has 0 radical (unpaired) electrons. The van der Waals surface area contributed by atoms with Crippen molar-refractivity contribution in [3.63, 3.8) is 0 Å². The molecule has 2 aromatic carbocycles. The van der Waals surface area contributed by atoms with Gasteiger partial charge >= 0.3 is 0 Å². The van der Waals surface area contributed by atoms with Gasteiger partial charge in [-0.05, 0) is 36.2 Å². The van der Waals surface area contributed by atoms with Crippen LogP contribution in [0.25, 0.3) is 17.1 Å². The number of aromatic nitrogens is 4. The second-order valence-corrected chi connectivity index (χ2v) is 7.32. The van der Waals surface area contributed by atoms with Gasteiger partial charge in [-0.1, -0.05) is 42.1 Å². The van der Waals surface area contributed by atoms with Crippen LogP contribution in [0.3, 0.4) is 0 Å². The molecule has 4 rings (SSSR count). The largest absolute Gasteiger partial charge is 0.270 e. The lowest BCUT2D eigenvalue weighted by molar-refractivity contribution is -0.384. The molecule has 0 N–H and O–H groups in total. The average molecular weight is 403 g/mol. The summed E-state index contributed by atoms with van der Waals surface area (Å²) >= 11 is 1.49. The number of nitrogens with zero attached hydrogens (tertiary/aromatic N) is 5. The van der Waals surface area contributed by atoms with Crippen LogP contribution in [0.1, 0.15) is 11.1 Å². The molecular formula is C21H17N5O2S. The lowest BCUT2D eigenvalue weighted by Crippen LogP contribution is -2.02. The number of aryl methyl sites for hydroxylation is 1. The summed E-state index contributed by atoms with van der Waals surface area (Å²) in [5.41, 5.74) is 3.94. The zero-order chi connectivity index (χ0) is 20.2. The van der Waals surface area contributed by atoms with E-state index in [-0.39, 0.29) is 10.6 Å². The Bertz CT molecular complexity index is 1160. The van der Waals surface area contributed by atoms with Crippen LogP contribution < -0.4 is 0 Å². The minimum atomic E-state index is -0.383. The number of hydrogen-bond acceptors (Lipinski definition) is 6. The van der Waals surface area contributed by atoms with Gasteiger partial charge in [-0.25, -0.2) is 0 Å². The molecule has 4 aromatic rings. The van der Waals surface area contributed by atoms with Crippen LogP contribution in [0.15, 0.2) is 78.2 Å². The molecule has 2 aromatic heterocycles. The summed E-state index contributed by atoms with van der Waals surface area (Å²) < 4.78 is 2.02. The van der Waals surface area contributed by atoms with Crippen molar-refractivity contribution in [2.24, 2.45) is 0 Å². The number of benzene rings is 2. The maximum absolute atomic E-state index is 11.0. The zero-order valence-electron chi connectivity index (χ0n) is 15.6. The van der Waals surface area contributed by atoms with Crippen molar-refractivity contribution >= 4 is 17.4 Å². The topological polar surface area (TPSA) is 86.7 Å². The summed E-state index contributed by atoms with van der Waals surface area (Å²) in [5, 5.41) is 20.6. The van der Waals surface area contributed by atoms with Crippen LogP contribution in [0.5, 0.6) is 0 Å². The highest BCUT2D eigenvalue weighted by atomic mass is 32.2. The first-order chi connectivity index (χ1) is 14.1. The van der Waals surface area contributed by atoms with E-state index in [1.807, 2.05) is 54.0 Å². The minimum absolute atomic E-state index is 0.0842. The summed E-state index contributed by atoms with van der Waals surface area (Å²) in [4.78, 5) is 14.7. The molecule has 2 heterocycles. The molecule has 0 saturated carbocycles. The van der Waals surface area contributed by atoms with E-state index in [9.17, 15) is 10.1 Å². The number of rotatable bonds is 6. The van der Waals surface area contributed by atoms with Gasteiger partial charge in [0.25, 0.3) is 5.69 Å². The number of hydrogen-bond donors (Lipinski definition) is 0. The summed E-state index contributed by atoms with van der Waals surface area (Å²) in [7, 11) is 0. The highest BCUT2D eigenvalue weighted by Gasteiger charge is 2.18. The van der Waals surface area contributed by atoms with Gasteiger partial charge in [0.05, 0.1) is 10.6 Å². The Balaban J connectivity index is 1.72. The summed E-state index contributed by atoms with van der Waals surface area (Å²) in [5.74, 6) is 1.27. The van der Waals surface area contributed by atoms with Gasteiger partial charge in [0.1, 0.15) is 0 Å². The number of nitro benzene ring substituents is 1. The van der Waals surface area contributed by atoms with Gasteiger partial charge < -0.3 is 0 Å². The van der Waals surface area contributed by atoms with E-state index in [0.717, 1.165) is 33.4 Å². The first-order valence-electron chi connectivity index (χ1n) is 8.91. The average Bonchev–Trinajstić information content (AvgIpc) is 3.17. The van der Waals surface area contributed by atoms with Gasteiger partial charge in [0.15, 0.2) is 11.0 Å². The number of pyridine rings is 1. The number of non-ortho nitro benzene ring substituents is 1. The number of para-hydroxylation sites is 1. The van der Waals surface area contributed by atoms with E-state index in [0.29, 0.717) is 5.75 Å². The number of thioether (sulfide) groups is 1. The molecule has 0 aliphatic heterocycles. The van der Waals surface area contributed by atoms with Gasteiger partial charge in [-0.3, -0.25) is 19.7 Å². The van der Waals surface area contributed by atoms with Crippen LogP contribution in [0.2, 0.25) is 0 Å². The van der Waals surface area contributed by atoms with Crippen molar-refractivity contribution in [3.05, 3.63) is 94.3 Å². The molecule has 0 atom stereocenters. The van der Waals surface area contributed by atoms with E-state index < -0.39 is 0 Å². The lowest BCUT2D eigenvalue weighted by Gasteiger charge is -2.12. The molecule has 8 heteroatoms. The van der Waals surface area contributed by atoms with Gasteiger partial charge in [-0.15, -0.1) is 10.2 Å². The van der Waals surface area contributed by atoms with Crippen molar-refractivity contribution in [1.82, 2.24) is 19.7 Å². The highest BCUT2D eigenvalue weighted by molar-refractivity contribution is 7.98. The second-order valence-electron chi connectivity index (χ2n) is 6.38. The second kappa shape index (κ2) is 8.24. The first kappa shape index (κ1) is 18.8. The standard InChI is InChI=1S/C21H17N5O2S/c1-15-5-2-3-8-19(15)25-20(17-9-11-22-12-10-17)23-24-21(25)29-14-16-6-4-7-18(13-16)26(27)28/h2-13H,14H2,1H3. The Morgan fingerprint density at radius 1 is 1.03 bits per heavy atom. The van der Waals surface area contributed by atoms with E-state index >= 15 is 0 Å². The van der Waals surface area contributed by atoms with Crippen LogP contribution >= 0.6 is 11.8 Å². The third-order valence-corrected chi connectivity index (χ3v) is 5.42. The molecule has 7 nitrogen and oxygen atoms in total. The fourth-order valence-corrected chi connectivity index (χ4v) is 3.88. The molecule has 0 amide bonds. The molecule has 0 fully saturated rings. The van der Waals surface area contributed by atoms with Crippen LogP contribution in [0.4, 0.5) is 5.69 Å². The summed E-state index contributed by atoms with van der Waals surface area (Å²) in [6, 6.07) is 18.5. The summed E-state index contributed by atoms with van der Waals surface area (Å²) in [6.07, 6.45) is 3.45. The Labute approximate surface area is 171 Å². The Morgan fingerprint density at radius 2 is 1.83 bits per heavy atom. The van der Waals surface area contributed by atoms with E-state index in [4.69, 9.17) is 0 Å². The molecule has 0 spiro atoms. The molecule has 0 saturated heterocycles. The minimum Gasteiger partial charge on any atom is -0.270 e. The van der Waals surface area contributed by atoms with Crippen molar-refractivity contribution in [1.29, 1.82) is 0 Å². The van der Waals surface area contributed by atoms with E-state index in [1.165, 1.54) is 17.8 Å². The van der Waals surface area contributed by atoms with Gasteiger partial charge in [-0.2, -0.15) is 0 Å². The third kappa shape index (κ3) is 4.02. The first-order valence-corrected chi connectivity index (χ1v) is 9.90. The van der Waals surface area contributed by atoms with Crippen LogP contribution in [0, 0.1) is 17.0 Å². The molecule has 0 unspecified atom stereocenters. The lowest BCUT2D eigenvalue weighted by atomic mass is 10.2. The van der Waals surface area contributed by atoms with E-state index in [2.05, 4.69) is 15.2 Å². The number of nitro groups is 1. The maximum atomic E-state index is 11.0. The molecular weight excluding hydrogens is 386 g/mol. The molecule has 144 valence electrons. The zero-order valence-corrected chi connectivity index (χ0v) is 16.4. The van der Waals surface area contributed by atoms with Gasteiger partial charge in [0.2, 0.25) is 0 Å². The van der Waals surface area contributed by atoms with Gasteiger partial charge in [0, 0.05) is 35.8 Å². The SMILES string of the molecule is Cc1ccccc1-n1c(SCc2cccc([N+](=O)[O-])c2)nnc1-c1ccncc1. The van der Waals surface area contributed by atoms with Crippen molar-refractivity contribution < 1.29 is 4.92 Å². The molecule has 29 heavy (non-hydrogen) atoms. The smallest absolute Gasteiger partial charge is 0.269 e. The predicted molar refractivity (Wildman–Crippen MR) is 112 cm³/mol. The fraction of sp³-hybridized carbons (Fsp3) is 0.0952. The predicted octanol–water partition coefficient (Wildman–Crippen LogP) is 4.84. The van der Waals surface area contributed by atoms with Crippen LogP contribution in [-0.2, 0) is 5.75 Å². The molecule has 0 bridgehead atoms. The Morgan fingerprint density at radius 3 is 2.59 bits per heavy atom. The monoisotopic (exact) mass is 403 g/mol. The van der Waals surface area contributed by atoms with Crippen molar-refractivity contribution in [2.75, 3.05) is 0 Å². The third-order valence-electron chi connectivity index (χ3n) is 4.42. The Kier molecular flexibility index (Phi) is 5.35. The quantitative estimate of drug-likeness (QED) is 0.260. The molecule has 0 aliphatic rings. The maximum Gasteiger partial charge on any atom is 0.269 e. The summed E-state index contributed by atoms with van der Waals surface area (Å²) in [6.45, 7) is 2.04.